The molecule has 4 rings (SSSR count). The lowest BCUT2D eigenvalue weighted by molar-refractivity contribution is -0.123. The first-order chi connectivity index (χ1) is 14.1. The van der Waals surface area contributed by atoms with Crippen molar-refractivity contribution in [3.8, 4) is 0 Å². The minimum Gasteiger partial charge on any atom is -0.279 e. The lowest BCUT2D eigenvalue weighted by Crippen LogP contribution is -2.32. The van der Waals surface area contributed by atoms with Gasteiger partial charge in [0.1, 0.15) is 0 Å². The van der Waals surface area contributed by atoms with Crippen molar-refractivity contribution in [2.45, 2.75) is 19.9 Å². The molecule has 1 aliphatic rings. The highest BCUT2D eigenvalue weighted by atomic mass is 32.2. The number of aliphatic imine (C=N–C) groups is 1. The van der Waals surface area contributed by atoms with Crippen LogP contribution >= 0.6 is 11.8 Å². The topological polar surface area (TPSA) is 32.7 Å². The Bertz CT molecular complexity index is 1060. The van der Waals surface area contributed by atoms with Crippen molar-refractivity contribution >= 4 is 34.6 Å². The smallest absolute Gasteiger partial charge is 0.267 e. The van der Waals surface area contributed by atoms with Gasteiger partial charge in [-0.3, -0.25) is 9.69 Å². The van der Waals surface area contributed by atoms with E-state index in [9.17, 15) is 4.79 Å². The number of carbonyl (C=O) groups excluding carboxylic acids is 1. The predicted octanol–water partition coefficient (Wildman–Crippen LogP) is 6.36. The zero-order valence-corrected chi connectivity index (χ0v) is 17.3. The van der Waals surface area contributed by atoms with Gasteiger partial charge < -0.3 is 0 Å². The van der Waals surface area contributed by atoms with Gasteiger partial charge in [0.05, 0.1) is 16.6 Å². The summed E-state index contributed by atoms with van der Waals surface area (Å²) >= 11 is 1.43. The van der Waals surface area contributed by atoms with Crippen molar-refractivity contribution in [1.82, 2.24) is 4.90 Å². The molecule has 0 saturated carbocycles. The Hall–Kier alpha value is -3.11. The van der Waals surface area contributed by atoms with Crippen molar-refractivity contribution in [3.05, 3.63) is 107 Å². The van der Waals surface area contributed by atoms with E-state index in [1.807, 2.05) is 85.8 Å². The molecule has 0 aromatic heterocycles. The highest BCUT2D eigenvalue weighted by Gasteiger charge is 2.37. The first-order valence-corrected chi connectivity index (χ1v) is 10.4. The second-order valence-electron chi connectivity index (χ2n) is 7.01. The normalized spacial score (nSPS) is 17.9. The number of benzene rings is 3. The van der Waals surface area contributed by atoms with E-state index in [0.29, 0.717) is 10.1 Å². The third-order valence-electron chi connectivity index (χ3n) is 4.86. The zero-order chi connectivity index (χ0) is 20.2. The summed E-state index contributed by atoms with van der Waals surface area (Å²) in [5.41, 5.74) is 4.13. The maximum absolute atomic E-state index is 13.3. The third kappa shape index (κ3) is 4.33. The Morgan fingerprint density at radius 3 is 2.17 bits per heavy atom. The zero-order valence-electron chi connectivity index (χ0n) is 16.4. The number of hydrogen-bond donors (Lipinski definition) is 0. The number of carbonyl (C=O) groups is 1. The summed E-state index contributed by atoms with van der Waals surface area (Å²) in [5, 5.41) is 0.705. The molecule has 1 fully saturated rings. The number of para-hydroxylation sites is 1. The summed E-state index contributed by atoms with van der Waals surface area (Å²) in [6.45, 7) is 4.10. The number of amides is 1. The van der Waals surface area contributed by atoms with E-state index < -0.39 is 0 Å². The molecule has 29 heavy (non-hydrogen) atoms. The van der Waals surface area contributed by atoms with Gasteiger partial charge in [0.15, 0.2) is 5.17 Å². The minimum absolute atomic E-state index is 0.0124. The monoisotopic (exact) mass is 398 g/mol. The van der Waals surface area contributed by atoms with Gasteiger partial charge >= 0.3 is 0 Å². The molecule has 0 bridgehead atoms. The van der Waals surface area contributed by atoms with Crippen molar-refractivity contribution in [2.75, 3.05) is 0 Å². The van der Waals surface area contributed by atoms with Gasteiger partial charge in [-0.25, -0.2) is 4.99 Å². The van der Waals surface area contributed by atoms with E-state index in [4.69, 9.17) is 4.99 Å². The van der Waals surface area contributed by atoms with Crippen LogP contribution in [0.15, 0.2) is 94.8 Å². The maximum atomic E-state index is 13.3. The average molecular weight is 399 g/mol. The van der Waals surface area contributed by atoms with Crippen LogP contribution in [0.3, 0.4) is 0 Å². The minimum atomic E-state index is -0.109. The van der Waals surface area contributed by atoms with Crippen LogP contribution in [0.25, 0.3) is 6.08 Å². The van der Waals surface area contributed by atoms with Gasteiger partial charge in [-0.15, -0.1) is 0 Å². The Morgan fingerprint density at radius 1 is 0.897 bits per heavy atom. The first kappa shape index (κ1) is 19.2. The highest BCUT2D eigenvalue weighted by Crippen LogP contribution is 2.39. The molecule has 3 aromatic carbocycles. The van der Waals surface area contributed by atoms with Crippen molar-refractivity contribution in [1.29, 1.82) is 0 Å². The quantitative estimate of drug-likeness (QED) is 0.479. The van der Waals surface area contributed by atoms with E-state index in [0.717, 1.165) is 16.8 Å². The summed E-state index contributed by atoms with van der Waals surface area (Å²) in [6, 6.07) is 27.9. The molecule has 3 aromatic rings. The van der Waals surface area contributed by atoms with Gasteiger partial charge in [0.25, 0.3) is 5.91 Å². The summed E-state index contributed by atoms with van der Waals surface area (Å²) < 4.78 is 0. The van der Waals surface area contributed by atoms with Crippen LogP contribution in [0.5, 0.6) is 0 Å². The van der Waals surface area contributed by atoms with Gasteiger partial charge in [-0.2, -0.15) is 0 Å². The average Bonchev–Trinajstić information content (AvgIpc) is 3.05. The molecule has 1 amide bonds. The molecule has 4 heteroatoms. The molecule has 0 spiro atoms. The summed E-state index contributed by atoms with van der Waals surface area (Å²) in [4.78, 5) is 20.6. The van der Waals surface area contributed by atoms with Crippen molar-refractivity contribution in [2.24, 2.45) is 4.99 Å². The molecule has 1 saturated heterocycles. The molecule has 144 valence electrons. The molecule has 1 aliphatic heterocycles. The van der Waals surface area contributed by atoms with Gasteiger partial charge in [-0.05, 0) is 54.9 Å². The second kappa shape index (κ2) is 8.50. The van der Waals surface area contributed by atoms with Crippen LogP contribution in [-0.4, -0.2) is 16.0 Å². The van der Waals surface area contributed by atoms with Gasteiger partial charge in [0, 0.05) is 0 Å². The fraction of sp³-hybridized carbons (Fsp3) is 0.120. The highest BCUT2D eigenvalue weighted by molar-refractivity contribution is 8.18. The number of hydrogen-bond acceptors (Lipinski definition) is 3. The van der Waals surface area contributed by atoms with E-state index >= 15 is 0 Å². The SMILES string of the molecule is Cc1ccc(/C=C2/SC(=Nc3ccccc3)N([C@H](C)c3ccccc3)C2=O)cc1. The van der Waals surface area contributed by atoms with Crippen LogP contribution in [0, 0.1) is 6.92 Å². The number of thioether (sulfide) groups is 1. The van der Waals surface area contributed by atoms with Crippen molar-refractivity contribution in [3.63, 3.8) is 0 Å². The molecule has 3 nitrogen and oxygen atoms in total. The molecule has 0 unspecified atom stereocenters. The summed E-state index contributed by atoms with van der Waals surface area (Å²) in [6.07, 6.45) is 1.95. The van der Waals surface area contributed by atoms with E-state index in [-0.39, 0.29) is 11.9 Å². The fourth-order valence-electron chi connectivity index (χ4n) is 3.21. The predicted molar refractivity (Wildman–Crippen MR) is 122 cm³/mol. The van der Waals surface area contributed by atoms with E-state index in [1.165, 1.54) is 17.3 Å². The van der Waals surface area contributed by atoms with Crippen LogP contribution in [0.2, 0.25) is 0 Å². The molecule has 0 aliphatic carbocycles. The molecule has 1 atom stereocenters. The number of aryl methyl sites for hydroxylation is 1. The number of rotatable bonds is 4. The summed E-state index contributed by atoms with van der Waals surface area (Å²) in [7, 11) is 0. The lowest BCUT2D eigenvalue weighted by atomic mass is 10.1. The van der Waals surface area contributed by atoms with E-state index in [2.05, 4.69) is 19.1 Å². The molecular formula is C25H22N2OS. The van der Waals surface area contributed by atoms with Crippen LogP contribution in [-0.2, 0) is 4.79 Å². The number of amidine groups is 1. The maximum Gasteiger partial charge on any atom is 0.267 e. The van der Waals surface area contributed by atoms with Crippen LogP contribution in [0.4, 0.5) is 5.69 Å². The molecule has 0 radical (unpaired) electrons. The Kier molecular flexibility index (Phi) is 5.63. The molecule has 1 heterocycles. The lowest BCUT2D eigenvalue weighted by Gasteiger charge is -2.24. The van der Waals surface area contributed by atoms with Crippen LogP contribution in [0.1, 0.15) is 29.7 Å². The summed E-state index contributed by atoms with van der Waals surface area (Å²) in [5.74, 6) is -0.0124. The molecular weight excluding hydrogens is 376 g/mol. The fourth-order valence-corrected chi connectivity index (χ4v) is 4.28. The van der Waals surface area contributed by atoms with Gasteiger partial charge in [0.2, 0.25) is 0 Å². The van der Waals surface area contributed by atoms with Crippen molar-refractivity contribution < 1.29 is 4.79 Å². The first-order valence-electron chi connectivity index (χ1n) is 9.60. The standard InChI is InChI=1S/C25H22N2OS/c1-18-13-15-20(16-14-18)17-23-24(28)27(19(2)21-9-5-3-6-10-21)25(29-23)26-22-11-7-4-8-12-22/h3-17,19H,1-2H3/b23-17+,26-25?/t19-/m1/s1. The number of nitrogens with zero attached hydrogens (tertiary/aromatic N) is 2. The Morgan fingerprint density at radius 2 is 1.52 bits per heavy atom. The second-order valence-corrected chi connectivity index (χ2v) is 8.02. The largest absolute Gasteiger partial charge is 0.279 e. The van der Waals surface area contributed by atoms with E-state index in [1.54, 1.807) is 4.90 Å². The van der Waals surface area contributed by atoms with Crippen LogP contribution < -0.4 is 0 Å². The Labute approximate surface area is 175 Å². The van der Waals surface area contributed by atoms with Gasteiger partial charge in [-0.1, -0.05) is 78.4 Å². The third-order valence-corrected chi connectivity index (χ3v) is 5.85. The molecule has 0 N–H and O–H groups in total. The Balaban J connectivity index is 1.74.